The molecule has 1 aliphatic heterocycles. The Kier molecular flexibility index (Phi) is 4.32. The molecule has 0 radical (unpaired) electrons. The molecule has 0 N–H and O–H groups in total. The summed E-state index contributed by atoms with van der Waals surface area (Å²) < 4.78 is 16.3. The monoisotopic (exact) mass is 387 g/mol. The van der Waals surface area contributed by atoms with E-state index in [0.717, 1.165) is 16.9 Å². The molecule has 0 saturated carbocycles. The van der Waals surface area contributed by atoms with Crippen molar-refractivity contribution in [2.45, 2.75) is 6.10 Å². The Morgan fingerprint density at radius 1 is 1.00 bits per heavy atom. The summed E-state index contributed by atoms with van der Waals surface area (Å²) in [6, 6.07) is 18.8. The number of ether oxygens (including phenoxy) is 1. The highest BCUT2D eigenvalue weighted by atomic mass is 16.5. The third kappa shape index (κ3) is 3.50. The number of likely N-dealkylation sites (tertiary alicyclic amines) is 1. The van der Waals surface area contributed by atoms with Crippen LogP contribution in [0.5, 0.6) is 5.75 Å². The van der Waals surface area contributed by atoms with Gasteiger partial charge in [-0.25, -0.2) is 0 Å². The zero-order chi connectivity index (χ0) is 19.6. The molecule has 0 aliphatic carbocycles. The largest absolute Gasteiger partial charge is 0.487 e. The lowest BCUT2D eigenvalue weighted by molar-refractivity contribution is 0.0177. The zero-order valence-corrected chi connectivity index (χ0v) is 15.4. The van der Waals surface area contributed by atoms with E-state index in [1.165, 1.54) is 12.5 Å². The molecule has 1 aliphatic rings. The van der Waals surface area contributed by atoms with Crippen LogP contribution in [0.15, 0.2) is 82.1 Å². The van der Waals surface area contributed by atoms with E-state index in [4.69, 9.17) is 13.7 Å². The molecule has 7 heteroatoms. The van der Waals surface area contributed by atoms with Gasteiger partial charge in [-0.05, 0) is 30.3 Å². The summed E-state index contributed by atoms with van der Waals surface area (Å²) in [7, 11) is 0. The summed E-state index contributed by atoms with van der Waals surface area (Å²) in [6.45, 7) is 1.10. The third-order valence-corrected chi connectivity index (χ3v) is 4.77. The quantitative estimate of drug-likeness (QED) is 0.517. The van der Waals surface area contributed by atoms with Crippen molar-refractivity contribution in [3.05, 3.63) is 78.8 Å². The van der Waals surface area contributed by atoms with Gasteiger partial charge in [0, 0.05) is 11.1 Å². The van der Waals surface area contributed by atoms with Gasteiger partial charge >= 0.3 is 0 Å². The minimum atomic E-state index is -0.0421. The van der Waals surface area contributed by atoms with Gasteiger partial charge in [0.15, 0.2) is 0 Å². The average molecular weight is 387 g/mol. The molecule has 5 rings (SSSR count). The normalized spacial score (nSPS) is 13.9. The van der Waals surface area contributed by atoms with Crippen molar-refractivity contribution in [3.63, 3.8) is 0 Å². The molecule has 29 heavy (non-hydrogen) atoms. The number of hydrogen-bond acceptors (Lipinski definition) is 6. The van der Waals surface area contributed by atoms with Gasteiger partial charge in [-0.3, -0.25) is 4.79 Å². The first-order valence-corrected chi connectivity index (χ1v) is 9.24. The predicted molar refractivity (Wildman–Crippen MR) is 104 cm³/mol. The first-order valence-electron chi connectivity index (χ1n) is 9.24. The second kappa shape index (κ2) is 7.27. The van der Waals surface area contributed by atoms with Gasteiger partial charge in [-0.2, -0.15) is 4.98 Å². The van der Waals surface area contributed by atoms with Crippen LogP contribution in [0, 0.1) is 0 Å². The number of rotatable bonds is 5. The standard InChI is InChI=1S/C22H17N3O4/c26-22(17-10-11-27-14-17)25-12-19(13-25)28-18-8-6-16(7-9-18)21-23-20(24-29-21)15-4-2-1-3-5-15/h1-11,14,19H,12-13H2. The Morgan fingerprint density at radius 2 is 1.79 bits per heavy atom. The van der Waals surface area contributed by atoms with Gasteiger partial charge in [-0.15, -0.1) is 0 Å². The molecule has 2 aromatic carbocycles. The summed E-state index contributed by atoms with van der Waals surface area (Å²) in [4.78, 5) is 18.4. The van der Waals surface area contributed by atoms with Crippen LogP contribution >= 0.6 is 0 Å². The summed E-state index contributed by atoms with van der Waals surface area (Å²) in [5.74, 6) is 1.70. The topological polar surface area (TPSA) is 81.6 Å². The van der Waals surface area contributed by atoms with Crippen molar-refractivity contribution in [1.82, 2.24) is 15.0 Å². The number of hydrogen-bond donors (Lipinski definition) is 0. The summed E-state index contributed by atoms with van der Waals surface area (Å²) in [6.07, 6.45) is 2.93. The lowest BCUT2D eigenvalue weighted by atomic mass is 10.1. The smallest absolute Gasteiger partial charge is 0.258 e. The highest BCUT2D eigenvalue weighted by Gasteiger charge is 2.33. The maximum atomic E-state index is 12.2. The van der Waals surface area contributed by atoms with Crippen molar-refractivity contribution in [2.75, 3.05) is 13.1 Å². The molecule has 7 nitrogen and oxygen atoms in total. The highest BCUT2D eigenvalue weighted by Crippen LogP contribution is 2.26. The van der Waals surface area contributed by atoms with Crippen molar-refractivity contribution < 1.29 is 18.5 Å². The molecule has 0 spiro atoms. The Bertz CT molecular complexity index is 1100. The number of aromatic nitrogens is 2. The summed E-state index contributed by atoms with van der Waals surface area (Å²) in [5, 5.41) is 4.04. The van der Waals surface area contributed by atoms with Crippen LogP contribution in [0.3, 0.4) is 0 Å². The average Bonchev–Trinajstić information content (AvgIpc) is 3.43. The maximum absolute atomic E-state index is 12.2. The molecular weight excluding hydrogens is 370 g/mol. The Labute approximate surface area is 166 Å². The summed E-state index contributed by atoms with van der Waals surface area (Å²) in [5.41, 5.74) is 2.28. The summed E-state index contributed by atoms with van der Waals surface area (Å²) >= 11 is 0. The van der Waals surface area contributed by atoms with Gasteiger partial charge in [-0.1, -0.05) is 35.5 Å². The number of carbonyl (C=O) groups excluding carboxylic acids is 1. The number of benzene rings is 2. The Hall–Kier alpha value is -3.87. The van der Waals surface area contributed by atoms with Crippen LogP contribution in [0.1, 0.15) is 10.4 Å². The molecule has 1 amide bonds. The molecule has 144 valence electrons. The lowest BCUT2D eigenvalue weighted by Gasteiger charge is -2.38. The van der Waals surface area contributed by atoms with Crippen molar-refractivity contribution in [3.8, 4) is 28.6 Å². The molecule has 0 unspecified atom stereocenters. The molecule has 3 heterocycles. The second-order valence-electron chi connectivity index (χ2n) is 6.78. The van der Waals surface area contributed by atoms with Crippen LogP contribution in [0.2, 0.25) is 0 Å². The van der Waals surface area contributed by atoms with E-state index in [2.05, 4.69) is 10.1 Å². The van der Waals surface area contributed by atoms with E-state index in [0.29, 0.717) is 30.4 Å². The lowest BCUT2D eigenvalue weighted by Crippen LogP contribution is -2.56. The van der Waals surface area contributed by atoms with Crippen LogP contribution in [-0.4, -0.2) is 40.1 Å². The SMILES string of the molecule is O=C(c1ccoc1)N1CC(Oc2ccc(-c3nc(-c4ccccc4)no3)cc2)C1. The van der Waals surface area contributed by atoms with Crippen LogP contribution < -0.4 is 4.74 Å². The Morgan fingerprint density at radius 3 is 2.52 bits per heavy atom. The van der Waals surface area contributed by atoms with Gasteiger partial charge in [0.2, 0.25) is 5.82 Å². The van der Waals surface area contributed by atoms with Crippen molar-refractivity contribution >= 4 is 5.91 Å². The van der Waals surface area contributed by atoms with E-state index < -0.39 is 0 Å². The predicted octanol–water partition coefficient (Wildman–Crippen LogP) is 3.90. The molecule has 0 bridgehead atoms. The van der Waals surface area contributed by atoms with Gasteiger partial charge in [0.05, 0.1) is 24.9 Å². The highest BCUT2D eigenvalue weighted by molar-refractivity contribution is 5.94. The number of nitrogens with zero attached hydrogens (tertiary/aromatic N) is 3. The van der Waals surface area contributed by atoms with E-state index in [-0.39, 0.29) is 12.0 Å². The van der Waals surface area contributed by atoms with Crippen LogP contribution in [-0.2, 0) is 0 Å². The van der Waals surface area contributed by atoms with Crippen LogP contribution in [0.4, 0.5) is 0 Å². The fourth-order valence-corrected chi connectivity index (χ4v) is 3.16. The molecule has 4 aromatic rings. The number of amides is 1. The van der Waals surface area contributed by atoms with Gasteiger partial charge in [0.1, 0.15) is 18.1 Å². The van der Waals surface area contributed by atoms with Gasteiger partial charge in [0.25, 0.3) is 11.8 Å². The van der Waals surface area contributed by atoms with Crippen molar-refractivity contribution in [1.29, 1.82) is 0 Å². The van der Waals surface area contributed by atoms with E-state index in [1.807, 2.05) is 54.6 Å². The van der Waals surface area contributed by atoms with E-state index in [9.17, 15) is 4.79 Å². The molecular formula is C22H17N3O4. The molecule has 2 aromatic heterocycles. The molecule has 1 fully saturated rings. The first-order chi connectivity index (χ1) is 14.3. The fourth-order valence-electron chi connectivity index (χ4n) is 3.16. The van der Waals surface area contributed by atoms with E-state index >= 15 is 0 Å². The second-order valence-corrected chi connectivity index (χ2v) is 6.78. The molecule has 1 saturated heterocycles. The third-order valence-electron chi connectivity index (χ3n) is 4.77. The fraction of sp³-hybridized carbons (Fsp3) is 0.136. The van der Waals surface area contributed by atoms with Gasteiger partial charge < -0.3 is 18.6 Å². The minimum Gasteiger partial charge on any atom is -0.487 e. The molecule has 0 atom stereocenters. The first kappa shape index (κ1) is 17.2. The maximum Gasteiger partial charge on any atom is 0.258 e. The number of furan rings is 1. The van der Waals surface area contributed by atoms with E-state index in [1.54, 1.807) is 11.0 Å². The van der Waals surface area contributed by atoms with Crippen LogP contribution in [0.25, 0.3) is 22.8 Å². The van der Waals surface area contributed by atoms with Crippen molar-refractivity contribution in [2.24, 2.45) is 0 Å². The minimum absolute atomic E-state index is 0.0233. The Balaban J connectivity index is 1.20. The number of carbonyl (C=O) groups is 1. The zero-order valence-electron chi connectivity index (χ0n) is 15.4.